The van der Waals surface area contributed by atoms with Crippen LogP contribution in [0.4, 0.5) is 4.79 Å². The molecule has 1 saturated heterocycles. The highest BCUT2D eigenvalue weighted by Gasteiger charge is 2.39. The monoisotopic (exact) mass is 307 g/mol. The standard InChI is InChI=1S/C16H21NO5/c1-21-15(19)13-8-5-9-17(14(13)10-18)16(20)22-11-12-6-3-2-4-7-12/h2-4,6-7,13-14,18H,5,8-11H2,1H3/t13-,14-/m0/s1. The third-order valence-corrected chi connectivity index (χ3v) is 3.91. The molecule has 0 bridgehead atoms. The van der Waals surface area contributed by atoms with Crippen molar-refractivity contribution in [1.29, 1.82) is 0 Å². The molecule has 0 aliphatic carbocycles. The highest BCUT2D eigenvalue weighted by atomic mass is 16.6. The van der Waals surface area contributed by atoms with Gasteiger partial charge in [0.05, 0.1) is 25.7 Å². The fraction of sp³-hybridized carbons (Fsp3) is 0.500. The van der Waals surface area contributed by atoms with E-state index in [1.54, 1.807) is 0 Å². The first-order chi connectivity index (χ1) is 10.7. The minimum absolute atomic E-state index is 0.164. The van der Waals surface area contributed by atoms with Crippen LogP contribution in [0.5, 0.6) is 0 Å². The van der Waals surface area contributed by atoms with E-state index < -0.39 is 24.0 Å². The molecular formula is C16H21NO5. The summed E-state index contributed by atoms with van der Waals surface area (Å²) in [6.45, 7) is 0.337. The average Bonchev–Trinajstić information content (AvgIpc) is 2.59. The van der Waals surface area contributed by atoms with Gasteiger partial charge in [-0.3, -0.25) is 4.79 Å². The van der Waals surface area contributed by atoms with E-state index >= 15 is 0 Å². The van der Waals surface area contributed by atoms with Crippen LogP contribution in [-0.2, 0) is 20.9 Å². The second kappa shape index (κ2) is 7.79. The van der Waals surface area contributed by atoms with Gasteiger partial charge in [-0.1, -0.05) is 30.3 Å². The van der Waals surface area contributed by atoms with Crippen molar-refractivity contribution in [2.24, 2.45) is 5.92 Å². The SMILES string of the molecule is COC(=O)[C@H]1CCCN(C(=O)OCc2ccccc2)[C@H]1CO. The number of carbonyl (C=O) groups is 2. The Morgan fingerprint density at radius 2 is 2.05 bits per heavy atom. The molecule has 2 rings (SSSR count). The lowest BCUT2D eigenvalue weighted by atomic mass is 9.90. The van der Waals surface area contributed by atoms with Crippen molar-refractivity contribution in [2.75, 3.05) is 20.3 Å². The third-order valence-electron chi connectivity index (χ3n) is 3.91. The molecule has 1 N–H and O–H groups in total. The van der Waals surface area contributed by atoms with Gasteiger partial charge in [0, 0.05) is 6.54 Å². The number of aliphatic hydroxyl groups excluding tert-OH is 1. The maximum Gasteiger partial charge on any atom is 0.410 e. The number of likely N-dealkylation sites (tertiary alicyclic amines) is 1. The van der Waals surface area contributed by atoms with Crippen LogP contribution in [0.2, 0.25) is 0 Å². The van der Waals surface area contributed by atoms with E-state index in [-0.39, 0.29) is 13.2 Å². The molecule has 6 heteroatoms. The number of carbonyl (C=O) groups excluding carboxylic acids is 2. The number of benzene rings is 1. The van der Waals surface area contributed by atoms with Gasteiger partial charge in [-0.05, 0) is 18.4 Å². The Kier molecular flexibility index (Phi) is 5.77. The predicted octanol–water partition coefficient (Wildman–Crippen LogP) is 1.57. The van der Waals surface area contributed by atoms with Crippen LogP contribution in [0.25, 0.3) is 0 Å². The first-order valence-corrected chi connectivity index (χ1v) is 7.33. The smallest absolute Gasteiger partial charge is 0.410 e. The van der Waals surface area contributed by atoms with Gasteiger partial charge in [-0.15, -0.1) is 0 Å². The van der Waals surface area contributed by atoms with E-state index in [0.717, 1.165) is 5.56 Å². The van der Waals surface area contributed by atoms with E-state index in [1.807, 2.05) is 30.3 Å². The number of nitrogens with zero attached hydrogens (tertiary/aromatic N) is 1. The molecule has 0 spiro atoms. The molecule has 1 heterocycles. The van der Waals surface area contributed by atoms with E-state index in [1.165, 1.54) is 12.0 Å². The van der Waals surface area contributed by atoms with Crippen LogP contribution in [0, 0.1) is 5.92 Å². The summed E-state index contributed by atoms with van der Waals surface area (Å²) in [7, 11) is 1.31. The number of esters is 1. The Morgan fingerprint density at radius 1 is 1.32 bits per heavy atom. The van der Waals surface area contributed by atoms with Crippen LogP contribution >= 0.6 is 0 Å². The minimum Gasteiger partial charge on any atom is -0.469 e. The van der Waals surface area contributed by atoms with Crippen LogP contribution in [0.1, 0.15) is 18.4 Å². The van der Waals surface area contributed by atoms with Crippen molar-refractivity contribution in [3.63, 3.8) is 0 Å². The van der Waals surface area contributed by atoms with Crippen molar-refractivity contribution in [2.45, 2.75) is 25.5 Å². The number of methoxy groups -OCH3 is 1. The molecule has 1 amide bonds. The maximum atomic E-state index is 12.2. The second-order valence-corrected chi connectivity index (χ2v) is 5.26. The molecule has 22 heavy (non-hydrogen) atoms. The molecular weight excluding hydrogens is 286 g/mol. The Balaban J connectivity index is 1.99. The number of hydrogen-bond acceptors (Lipinski definition) is 5. The molecule has 2 atom stereocenters. The quantitative estimate of drug-likeness (QED) is 0.855. The van der Waals surface area contributed by atoms with Gasteiger partial charge < -0.3 is 19.5 Å². The summed E-state index contributed by atoms with van der Waals surface area (Å²) in [4.78, 5) is 25.4. The molecule has 1 aromatic rings. The highest BCUT2D eigenvalue weighted by molar-refractivity contribution is 5.75. The second-order valence-electron chi connectivity index (χ2n) is 5.26. The Hall–Kier alpha value is -2.08. The summed E-state index contributed by atoms with van der Waals surface area (Å²) in [5.74, 6) is -0.910. The number of ether oxygens (including phenoxy) is 2. The summed E-state index contributed by atoms with van der Waals surface area (Å²) < 4.78 is 10.0. The molecule has 6 nitrogen and oxygen atoms in total. The fourth-order valence-electron chi connectivity index (χ4n) is 2.74. The largest absolute Gasteiger partial charge is 0.469 e. The third kappa shape index (κ3) is 3.76. The molecule has 1 aliphatic rings. The highest BCUT2D eigenvalue weighted by Crippen LogP contribution is 2.25. The van der Waals surface area contributed by atoms with Gasteiger partial charge in [0.2, 0.25) is 0 Å². The van der Waals surface area contributed by atoms with E-state index in [2.05, 4.69) is 0 Å². The lowest BCUT2D eigenvalue weighted by Gasteiger charge is -2.38. The Morgan fingerprint density at radius 3 is 2.68 bits per heavy atom. The van der Waals surface area contributed by atoms with Crippen molar-refractivity contribution in [3.05, 3.63) is 35.9 Å². The summed E-state index contributed by atoms with van der Waals surface area (Å²) in [6.07, 6.45) is 0.758. The van der Waals surface area contributed by atoms with Crippen molar-refractivity contribution < 1.29 is 24.2 Å². The Bertz CT molecular complexity index is 505. The normalized spacial score (nSPS) is 21.3. The zero-order valence-electron chi connectivity index (χ0n) is 12.6. The van der Waals surface area contributed by atoms with E-state index in [9.17, 15) is 14.7 Å². The summed E-state index contributed by atoms with van der Waals surface area (Å²) in [5.41, 5.74) is 0.887. The molecule has 1 aliphatic heterocycles. The number of hydrogen-bond donors (Lipinski definition) is 1. The molecule has 0 saturated carbocycles. The molecule has 1 aromatic carbocycles. The minimum atomic E-state index is -0.593. The summed E-state index contributed by atoms with van der Waals surface area (Å²) in [6, 6.07) is 8.76. The van der Waals surface area contributed by atoms with Gasteiger partial charge in [-0.25, -0.2) is 4.79 Å². The van der Waals surface area contributed by atoms with Gasteiger partial charge in [-0.2, -0.15) is 0 Å². The maximum absolute atomic E-state index is 12.2. The van der Waals surface area contributed by atoms with Crippen molar-refractivity contribution in [1.82, 2.24) is 4.90 Å². The number of rotatable bonds is 4. The zero-order valence-corrected chi connectivity index (χ0v) is 12.6. The first kappa shape index (κ1) is 16.3. The molecule has 0 aromatic heterocycles. The van der Waals surface area contributed by atoms with Gasteiger partial charge >= 0.3 is 12.1 Å². The lowest BCUT2D eigenvalue weighted by molar-refractivity contribution is -0.150. The van der Waals surface area contributed by atoms with Crippen LogP contribution < -0.4 is 0 Å². The molecule has 0 unspecified atom stereocenters. The van der Waals surface area contributed by atoms with Crippen LogP contribution in [0.3, 0.4) is 0 Å². The van der Waals surface area contributed by atoms with E-state index in [0.29, 0.717) is 19.4 Å². The first-order valence-electron chi connectivity index (χ1n) is 7.33. The van der Waals surface area contributed by atoms with Crippen molar-refractivity contribution >= 4 is 12.1 Å². The van der Waals surface area contributed by atoms with Gasteiger partial charge in [0.25, 0.3) is 0 Å². The average molecular weight is 307 g/mol. The number of aliphatic hydroxyl groups is 1. The van der Waals surface area contributed by atoms with Gasteiger partial charge in [0.15, 0.2) is 0 Å². The zero-order chi connectivity index (χ0) is 15.9. The fourth-order valence-corrected chi connectivity index (χ4v) is 2.74. The topological polar surface area (TPSA) is 76.1 Å². The molecule has 120 valence electrons. The molecule has 0 radical (unpaired) electrons. The molecule has 1 fully saturated rings. The van der Waals surface area contributed by atoms with Crippen LogP contribution in [0.15, 0.2) is 30.3 Å². The number of piperidine rings is 1. The predicted molar refractivity (Wildman–Crippen MR) is 78.9 cm³/mol. The van der Waals surface area contributed by atoms with Crippen molar-refractivity contribution in [3.8, 4) is 0 Å². The number of amides is 1. The lowest BCUT2D eigenvalue weighted by Crippen LogP contribution is -2.52. The van der Waals surface area contributed by atoms with Gasteiger partial charge in [0.1, 0.15) is 6.61 Å². The van der Waals surface area contributed by atoms with Crippen LogP contribution in [-0.4, -0.2) is 48.4 Å². The Labute approximate surface area is 129 Å². The summed E-state index contributed by atoms with van der Waals surface area (Å²) in [5, 5.41) is 9.55. The summed E-state index contributed by atoms with van der Waals surface area (Å²) >= 11 is 0. The van der Waals surface area contributed by atoms with E-state index in [4.69, 9.17) is 9.47 Å².